The second-order valence-corrected chi connectivity index (χ2v) is 7.35. The van der Waals surface area contributed by atoms with Crippen molar-refractivity contribution in [1.82, 2.24) is 9.55 Å². The van der Waals surface area contributed by atoms with E-state index >= 15 is 0 Å². The maximum absolute atomic E-state index is 6.41. The van der Waals surface area contributed by atoms with Gasteiger partial charge in [-0.2, -0.15) is 0 Å². The zero-order valence-electron chi connectivity index (χ0n) is 13.4. The average Bonchev–Trinajstić information content (AvgIpc) is 2.79. The Hall–Kier alpha value is -1.06. The van der Waals surface area contributed by atoms with Crippen LogP contribution in [0, 0.1) is 12.3 Å². The molecule has 1 aliphatic rings. The lowest BCUT2D eigenvalue weighted by Crippen LogP contribution is -2.51. The van der Waals surface area contributed by atoms with Gasteiger partial charge in [0.25, 0.3) is 0 Å². The fourth-order valence-electron chi connectivity index (χ4n) is 3.64. The van der Waals surface area contributed by atoms with E-state index in [0.29, 0.717) is 12.1 Å². The van der Waals surface area contributed by atoms with E-state index in [1.54, 1.807) is 7.11 Å². The molecule has 1 heterocycles. The van der Waals surface area contributed by atoms with Gasteiger partial charge in [-0.3, -0.25) is 0 Å². The molecule has 1 saturated carbocycles. The number of imidazole rings is 1. The highest BCUT2D eigenvalue weighted by Crippen LogP contribution is 2.53. The van der Waals surface area contributed by atoms with Gasteiger partial charge in [0.2, 0.25) is 0 Å². The number of ether oxygens (including phenoxy) is 1. The summed E-state index contributed by atoms with van der Waals surface area (Å²) in [5.41, 5.74) is 3.59. The molecule has 1 aromatic carbocycles. The molecule has 0 amide bonds. The van der Waals surface area contributed by atoms with Gasteiger partial charge in [0.05, 0.1) is 22.5 Å². The van der Waals surface area contributed by atoms with Crippen molar-refractivity contribution in [3.05, 3.63) is 29.6 Å². The van der Waals surface area contributed by atoms with Crippen LogP contribution in [-0.2, 0) is 4.74 Å². The molecule has 1 aromatic heterocycles. The van der Waals surface area contributed by atoms with Crippen LogP contribution >= 0.6 is 11.6 Å². The number of nitrogens with zero attached hydrogens (tertiary/aromatic N) is 2. The van der Waals surface area contributed by atoms with Crippen LogP contribution in [0.4, 0.5) is 0 Å². The molecular weight excluding hydrogens is 284 g/mol. The molecule has 3 rings (SSSR count). The number of hydrogen-bond donors (Lipinski definition) is 0. The fourth-order valence-corrected chi connectivity index (χ4v) is 3.79. The van der Waals surface area contributed by atoms with E-state index in [1.807, 2.05) is 6.92 Å². The third-order valence-electron chi connectivity index (χ3n) is 5.02. The Kier molecular flexibility index (Phi) is 3.53. The lowest BCUT2D eigenvalue weighted by atomic mass is 9.64. The molecule has 3 unspecified atom stereocenters. The third kappa shape index (κ3) is 2.09. The Balaban J connectivity index is 2.20. The van der Waals surface area contributed by atoms with Gasteiger partial charge in [-0.25, -0.2) is 4.98 Å². The van der Waals surface area contributed by atoms with Crippen LogP contribution in [0.15, 0.2) is 18.2 Å². The minimum absolute atomic E-state index is 0.0885. The van der Waals surface area contributed by atoms with E-state index in [4.69, 9.17) is 21.3 Å². The minimum Gasteiger partial charge on any atom is -0.381 e. The van der Waals surface area contributed by atoms with Crippen LogP contribution < -0.4 is 0 Å². The van der Waals surface area contributed by atoms with Crippen molar-refractivity contribution < 1.29 is 4.74 Å². The summed E-state index contributed by atoms with van der Waals surface area (Å²) in [6, 6.07) is 6.65. The Morgan fingerprint density at radius 3 is 2.71 bits per heavy atom. The van der Waals surface area contributed by atoms with Crippen molar-refractivity contribution in [3.8, 4) is 0 Å². The van der Waals surface area contributed by atoms with Gasteiger partial charge in [0, 0.05) is 18.6 Å². The van der Waals surface area contributed by atoms with Crippen LogP contribution in [0.5, 0.6) is 0 Å². The minimum atomic E-state index is -0.103. The first-order chi connectivity index (χ1) is 9.87. The summed E-state index contributed by atoms with van der Waals surface area (Å²) in [6.07, 6.45) is 1.31. The summed E-state index contributed by atoms with van der Waals surface area (Å²) in [5, 5.41) is -0.103. The zero-order chi connectivity index (χ0) is 15.4. The molecule has 0 N–H and O–H groups in total. The van der Waals surface area contributed by atoms with Crippen LogP contribution in [0.3, 0.4) is 0 Å². The number of aromatic nitrogens is 2. The van der Waals surface area contributed by atoms with Crippen LogP contribution in [-0.4, -0.2) is 22.8 Å². The van der Waals surface area contributed by atoms with Crippen molar-refractivity contribution in [3.63, 3.8) is 0 Å². The van der Waals surface area contributed by atoms with Gasteiger partial charge in [-0.15, -0.1) is 11.6 Å². The second kappa shape index (κ2) is 4.99. The van der Waals surface area contributed by atoms with Crippen LogP contribution in [0.2, 0.25) is 0 Å². The number of aryl methyl sites for hydroxylation is 1. The van der Waals surface area contributed by atoms with E-state index in [-0.39, 0.29) is 10.8 Å². The molecule has 0 bridgehead atoms. The molecular formula is C17H23ClN2O. The van der Waals surface area contributed by atoms with E-state index in [0.717, 1.165) is 17.8 Å². The van der Waals surface area contributed by atoms with Gasteiger partial charge >= 0.3 is 0 Å². The molecule has 4 heteroatoms. The van der Waals surface area contributed by atoms with Crippen molar-refractivity contribution >= 4 is 22.6 Å². The fraction of sp³-hybridized carbons (Fsp3) is 0.588. The van der Waals surface area contributed by atoms with E-state index in [1.165, 1.54) is 11.1 Å². The molecule has 1 fully saturated rings. The van der Waals surface area contributed by atoms with E-state index in [9.17, 15) is 0 Å². The Morgan fingerprint density at radius 2 is 2.14 bits per heavy atom. The lowest BCUT2D eigenvalue weighted by Gasteiger charge is -2.52. The first kappa shape index (κ1) is 14.9. The maximum Gasteiger partial charge on any atom is 0.128 e. The number of methoxy groups -OCH3 is 1. The first-order valence-corrected chi connectivity index (χ1v) is 7.96. The van der Waals surface area contributed by atoms with Gasteiger partial charge in [0.15, 0.2) is 0 Å². The van der Waals surface area contributed by atoms with Crippen molar-refractivity contribution in [1.29, 1.82) is 0 Å². The summed E-state index contributed by atoms with van der Waals surface area (Å²) >= 11 is 6.41. The predicted molar refractivity (Wildman–Crippen MR) is 87.0 cm³/mol. The van der Waals surface area contributed by atoms with Gasteiger partial charge in [-0.05, 0) is 31.9 Å². The topological polar surface area (TPSA) is 27.1 Å². The normalized spacial score (nSPS) is 25.8. The number of halogens is 1. The maximum atomic E-state index is 6.41. The molecule has 1 aliphatic carbocycles. The highest BCUT2D eigenvalue weighted by atomic mass is 35.5. The van der Waals surface area contributed by atoms with E-state index in [2.05, 4.69) is 43.5 Å². The van der Waals surface area contributed by atoms with Gasteiger partial charge in [-0.1, -0.05) is 26.0 Å². The predicted octanol–water partition coefficient (Wildman–Crippen LogP) is 4.63. The summed E-state index contributed by atoms with van der Waals surface area (Å²) in [4.78, 5) is 4.78. The number of alkyl halides is 1. The summed E-state index contributed by atoms with van der Waals surface area (Å²) in [7, 11) is 1.80. The number of hydrogen-bond acceptors (Lipinski definition) is 2. The number of rotatable bonds is 3. The van der Waals surface area contributed by atoms with Crippen molar-refractivity contribution in [2.45, 2.75) is 51.6 Å². The smallest absolute Gasteiger partial charge is 0.128 e. The molecule has 0 radical (unpaired) electrons. The molecule has 3 atom stereocenters. The standard InChI is InChI=1S/C17H23ClN2O/c1-10-7-6-8-12-15(10)20(16(19-12)11(2)18)13-9-14(21-5)17(13,3)4/h6-8,11,13-14H,9H2,1-5H3. The SMILES string of the molecule is COC1CC(n2c(C(C)Cl)nc3cccc(C)c32)C1(C)C. The monoisotopic (exact) mass is 306 g/mol. The number of para-hydroxylation sites is 1. The highest BCUT2D eigenvalue weighted by Gasteiger charge is 2.50. The average molecular weight is 307 g/mol. The molecule has 0 aliphatic heterocycles. The second-order valence-electron chi connectivity index (χ2n) is 6.70. The molecule has 21 heavy (non-hydrogen) atoms. The van der Waals surface area contributed by atoms with Crippen LogP contribution in [0.25, 0.3) is 11.0 Å². The summed E-state index contributed by atoms with van der Waals surface area (Å²) in [6.45, 7) is 8.67. The van der Waals surface area contributed by atoms with Crippen molar-refractivity contribution in [2.24, 2.45) is 5.41 Å². The zero-order valence-corrected chi connectivity index (χ0v) is 14.1. The Labute approximate surface area is 131 Å². The molecule has 2 aromatic rings. The number of benzene rings is 1. The van der Waals surface area contributed by atoms with Gasteiger partial charge in [0.1, 0.15) is 5.82 Å². The quantitative estimate of drug-likeness (QED) is 0.773. The van der Waals surface area contributed by atoms with Crippen molar-refractivity contribution in [2.75, 3.05) is 7.11 Å². The first-order valence-electron chi connectivity index (χ1n) is 7.52. The number of fused-ring (bicyclic) bond motifs is 1. The van der Waals surface area contributed by atoms with Crippen LogP contribution in [0.1, 0.15) is 50.0 Å². The summed E-state index contributed by atoms with van der Waals surface area (Å²) in [5.74, 6) is 0.966. The highest BCUT2D eigenvalue weighted by molar-refractivity contribution is 6.20. The summed E-state index contributed by atoms with van der Waals surface area (Å²) < 4.78 is 7.96. The Bertz CT molecular complexity index is 675. The largest absolute Gasteiger partial charge is 0.381 e. The lowest BCUT2D eigenvalue weighted by molar-refractivity contribution is -0.112. The van der Waals surface area contributed by atoms with E-state index < -0.39 is 0 Å². The molecule has 3 nitrogen and oxygen atoms in total. The van der Waals surface area contributed by atoms with Gasteiger partial charge < -0.3 is 9.30 Å². The molecule has 0 spiro atoms. The Morgan fingerprint density at radius 1 is 1.43 bits per heavy atom. The third-order valence-corrected chi connectivity index (χ3v) is 5.21. The molecule has 114 valence electrons. The molecule has 0 saturated heterocycles.